The minimum absolute atomic E-state index is 0.0465. The highest BCUT2D eigenvalue weighted by molar-refractivity contribution is 5.38. The quantitative estimate of drug-likeness (QED) is 0.447. The van der Waals surface area contributed by atoms with Gasteiger partial charge in [-0.1, -0.05) is 64.3 Å². The molecule has 0 radical (unpaired) electrons. The van der Waals surface area contributed by atoms with E-state index < -0.39 is 0 Å². The predicted molar refractivity (Wildman–Crippen MR) is 133 cm³/mol. The Kier molecular flexibility index (Phi) is 5.90. The van der Waals surface area contributed by atoms with Crippen molar-refractivity contribution in [1.29, 1.82) is 0 Å². The first kappa shape index (κ1) is 23.6. The Morgan fingerprint density at radius 1 is 0.968 bits per heavy atom. The van der Waals surface area contributed by atoms with Crippen molar-refractivity contribution in [3.63, 3.8) is 0 Å². The topological polar surface area (TPSA) is 20.2 Å². The Morgan fingerprint density at radius 3 is 2.35 bits per heavy atom. The van der Waals surface area contributed by atoms with Gasteiger partial charge in [0.1, 0.15) is 0 Å². The standard InChI is InChI=1S/C30H50O/c1-20(2)10-9-11-21(3)22-14-18-30(8)24-12-13-25-27(4,5)26(31)16-17-28(25,6)23(24)15-19-29(22,30)7/h10,21-22,25-26,31H,9,11-19H2,1-8H3/t21-,22-,25+,26+,28-,29-,30+/m0/s1. The first-order valence-electron chi connectivity index (χ1n) is 13.4. The van der Waals surface area contributed by atoms with E-state index in [2.05, 4.69) is 61.5 Å². The monoisotopic (exact) mass is 426 g/mol. The van der Waals surface area contributed by atoms with Crippen LogP contribution in [0.15, 0.2) is 22.8 Å². The normalized spacial score (nSPS) is 44.9. The van der Waals surface area contributed by atoms with E-state index in [9.17, 15) is 5.11 Å². The lowest BCUT2D eigenvalue weighted by Crippen LogP contribution is -2.55. The molecule has 0 saturated heterocycles. The van der Waals surface area contributed by atoms with Gasteiger partial charge in [-0.3, -0.25) is 0 Å². The Morgan fingerprint density at radius 2 is 1.68 bits per heavy atom. The third-order valence-corrected chi connectivity index (χ3v) is 11.7. The fourth-order valence-corrected chi connectivity index (χ4v) is 9.47. The molecule has 0 aromatic heterocycles. The predicted octanol–water partition coefficient (Wildman–Crippen LogP) is 8.48. The Labute approximate surface area is 193 Å². The second-order valence-electron chi connectivity index (χ2n) is 13.6. The van der Waals surface area contributed by atoms with E-state index in [1.165, 1.54) is 63.4 Å². The Hall–Kier alpha value is -0.560. The van der Waals surface area contributed by atoms with Crippen molar-refractivity contribution < 1.29 is 5.11 Å². The van der Waals surface area contributed by atoms with E-state index >= 15 is 0 Å². The van der Waals surface area contributed by atoms with Crippen LogP contribution >= 0.6 is 0 Å². The maximum absolute atomic E-state index is 10.8. The van der Waals surface area contributed by atoms with Gasteiger partial charge in [-0.2, -0.15) is 0 Å². The molecular formula is C30H50O. The molecule has 2 fully saturated rings. The van der Waals surface area contributed by atoms with E-state index in [0.717, 1.165) is 18.3 Å². The third-order valence-electron chi connectivity index (χ3n) is 11.7. The molecule has 0 unspecified atom stereocenters. The number of allylic oxidation sites excluding steroid dienone is 4. The van der Waals surface area contributed by atoms with Crippen molar-refractivity contribution in [3.05, 3.63) is 22.8 Å². The molecule has 7 atom stereocenters. The van der Waals surface area contributed by atoms with Crippen LogP contribution < -0.4 is 0 Å². The summed E-state index contributed by atoms with van der Waals surface area (Å²) in [5.74, 6) is 2.32. The van der Waals surface area contributed by atoms with Gasteiger partial charge in [0.2, 0.25) is 0 Å². The molecule has 1 N–H and O–H groups in total. The second-order valence-corrected chi connectivity index (χ2v) is 13.6. The highest BCUT2D eigenvalue weighted by Crippen LogP contribution is 2.72. The van der Waals surface area contributed by atoms with Crippen molar-refractivity contribution in [3.8, 4) is 0 Å². The zero-order chi connectivity index (χ0) is 22.8. The first-order chi connectivity index (χ1) is 14.4. The van der Waals surface area contributed by atoms with Gasteiger partial charge in [0.15, 0.2) is 0 Å². The van der Waals surface area contributed by atoms with Crippen molar-refractivity contribution in [2.24, 2.45) is 39.4 Å². The fourth-order valence-electron chi connectivity index (χ4n) is 9.47. The summed E-state index contributed by atoms with van der Waals surface area (Å²) < 4.78 is 0. The summed E-state index contributed by atoms with van der Waals surface area (Å²) in [5.41, 5.74) is 6.41. The molecule has 1 heteroatoms. The molecule has 4 aliphatic carbocycles. The summed E-state index contributed by atoms with van der Waals surface area (Å²) in [6.07, 6.45) is 15.2. The summed E-state index contributed by atoms with van der Waals surface area (Å²) >= 11 is 0. The first-order valence-corrected chi connectivity index (χ1v) is 13.4. The minimum Gasteiger partial charge on any atom is -0.393 e. The molecule has 0 aromatic rings. The average molecular weight is 427 g/mol. The number of aliphatic hydroxyl groups excluding tert-OH is 1. The number of hydrogen-bond donors (Lipinski definition) is 1. The van der Waals surface area contributed by atoms with Crippen LogP contribution in [0, 0.1) is 39.4 Å². The lowest BCUT2D eigenvalue weighted by Gasteiger charge is -2.62. The SMILES string of the molecule is CC(C)=CCC[C@H](C)[C@@H]1CC[C@]2(C)C3=C(CC[C@@]12C)[C@]1(C)CC[C@@H](O)C(C)(C)[C@H]1CC3. The van der Waals surface area contributed by atoms with E-state index in [-0.39, 0.29) is 11.5 Å². The van der Waals surface area contributed by atoms with Crippen LogP contribution in [0.5, 0.6) is 0 Å². The zero-order valence-corrected chi connectivity index (χ0v) is 21.9. The van der Waals surface area contributed by atoms with E-state index in [4.69, 9.17) is 0 Å². The molecule has 2 saturated carbocycles. The molecule has 0 bridgehead atoms. The van der Waals surface area contributed by atoms with Gasteiger partial charge >= 0.3 is 0 Å². The molecule has 31 heavy (non-hydrogen) atoms. The molecule has 176 valence electrons. The Bertz CT molecular complexity index is 767. The number of hydrogen-bond acceptors (Lipinski definition) is 1. The highest BCUT2D eigenvalue weighted by atomic mass is 16.3. The average Bonchev–Trinajstić information content (AvgIpc) is 2.96. The number of fused-ring (bicyclic) bond motifs is 4. The van der Waals surface area contributed by atoms with E-state index in [1.54, 1.807) is 0 Å². The zero-order valence-electron chi connectivity index (χ0n) is 21.9. The lowest BCUT2D eigenvalue weighted by atomic mass is 9.43. The second kappa shape index (κ2) is 7.75. The maximum Gasteiger partial charge on any atom is 0.0594 e. The molecule has 0 heterocycles. The van der Waals surface area contributed by atoms with Crippen LogP contribution in [-0.2, 0) is 0 Å². The maximum atomic E-state index is 10.8. The van der Waals surface area contributed by atoms with Crippen molar-refractivity contribution in [1.82, 2.24) is 0 Å². The summed E-state index contributed by atoms with van der Waals surface area (Å²) in [7, 11) is 0. The molecular weight excluding hydrogens is 376 g/mol. The molecule has 0 aliphatic heterocycles. The highest BCUT2D eigenvalue weighted by Gasteiger charge is 2.63. The van der Waals surface area contributed by atoms with Crippen LogP contribution in [0.25, 0.3) is 0 Å². The van der Waals surface area contributed by atoms with Crippen LogP contribution in [0.1, 0.15) is 120 Å². The summed E-state index contributed by atoms with van der Waals surface area (Å²) in [6.45, 7) is 19.6. The van der Waals surface area contributed by atoms with Gasteiger partial charge in [-0.15, -0.1) is 0 Å². The molecule has 0 aromatic carbocycles. The molecule has 1 nitrogen and oxygen atoms in total. The third kappa shape index (κ3) is 3.34. The summed E-state index contributed by atoms with van der Waals surface area (Å²) in [4.78, 5) is 0. The van der Waals surface area contributed by atoms with Gasteiger partial charge in [-0.05, 0) is 117 Å². The van der Waals surface area contributed by atoms with Crippen molar-refractivity contribution >= 4 is 0 Å². The molecule has 0 amide bonds. The molecule has 4 aliphatic rings. The van der Waals surface area contributed by atoms with Gasteiger partial charge in [-0.25, -0.2) is 0 Å². The van der Waals surface area contributed by atoms with Gasteiger partial charge in [0.05, 0.1) is 6.10 Å². The molecule has 0 spiro atoms. The summed E-state index contributed by atoms with van der Waals surface area (Å²) in [5, 5.41) is 10.8. The number of rotatable bonds is 4. The van der Waals surface area contributed by atoms with Gasteiger partial charge < -0.3 is 5.11 Å². The number of aliphatic hydroxyl groups is 1. The van der Waals surface area contributed by atoms with Crippen LogP contribution in [0.3, 0.4) is 0 Å². The van der Waals surface area contributed by atoms with Crippen LogP contribution in [-0.4, -0.2) is 11.2 Å². The van der Waals surface area contributed by atoms with Crippen molar-refractivity contribution in [2.75, 3.05) is 0 Å². The largest absolute Gasteiger partial charge is 0.393 e. The van der Waals surface area contributed by atoms with Gasteiger partial charge in [0, 0.05) is 0 Å². The Balaban J connectivity index is 1.65. The van der Waals surface area contributed by atoms with E-state index in [1.807, 2.05) is 11.1 Å². The molecule has 4 rings (SSSR count). The summed E-state index contributed by atoms with van der Waals surface area (Å²) in [6, 6.07) is 0. The van der Waals surface area contributed by atoms with Crippen molar-refractivity contribution in [2.45, 2.75) is 126 Å². The van der Waals surface area contributed by atoms with Crippen LogP contribution in [0.4, 0.5) is 0 Å². The minimum atomic E-state index is -0.130. The van der Waals surface area contributed by atoms with Gasteiger partial charge in [0.25, 0.3) is 0 Å². The lowest BCUT2D eigenvalue weighted by molar-refractivity contribution is -0.0962. The fraction of sp³-hybridized carbons (Fsp3) is 0.867. The van der Waals surface area contributed by atoms with E-state index in [0.29, 0.717) is 22.2 Å². The smallest absolute Gasteiger partial charge is 0.0594 e. The van der Waals surface area contributed by atoms with Crippen LogP contribution in [0.2, 0.25) is 0 Å².